The molecule has 2 rings (SSSR count). The minimum absolute atomic E-state index is 0.331. The molecule has 0 amide bonds. The quantitative estimate of drug-likeness (QED) is 0.815. The predicted octanol–water partition coefficient (Wildman–Crippen LogP) is 5.25. The zero-order chi connectivity index (χ0) is 15.6. The maximum absolute atomic E-state index is 12.7. The van der Waals surface area contributed by atoms with Gasteiger partial charge in [0.15, 0.2) is 0 Å². The van der Waals surface area contributed by atoms with E-state index >= 15 is 0 Å². The summed E-state index contributed by atoms with van der Waals surface area (Å²) in [4.78, 5) is 0. The Morgan fingerprint density at radius 2 is 1.76 bits per heavy atom. The lowest BCUT2D eigenvalue weighted by molar-refractivity contribution is -0.137. The maximum atomic E-state index is 12.7. The molecule has 0 aliphatic heterocycles. The summed E-state index contributed by atoms with van der Waals surface area (Å²) in [5, 5.41) is 0.946. The lowest BCUT2D eigenvalue weighted by Gasteiger charge is -2.15. The molecule has 1 atom stereocenters. The van der Waals surface area contributed by atoms with Crippen molar-refractivity contribution in [2.45, 2.75) is 18.6 Å². The van der Waals surface area contributed by atoms with Gasteiger partial charge in [0.1, 0.15) is 0 Å². The summed E-state index contributed by atoms with van der Waals surface area (Å²) in [6.45, 7) is 0. The standard InChI is InChI=1S/C15H12Cl2F3N/c16-12-5-4-9(13(17)8-12)7-14(21)10-2-1-3-11(6-10)15(18,19)20/h1-6,8,14H,7,21H2. The molecule has 112 valence electrons. The second-order valence-electron chi connectivity index (χ2n) is 4.67. The molecule has 0 bridgehead atoms. The summed E-state index contributed by atoms with van der Waals surface area (Å²) in [5.41, 5.74) is 6.43. The van der Waals surface area contributed by atoms with Gasteiger partial charge in [-0.2, -0.15) is 13.2 Å². The Balaban J connectivity index is 2.22. The Labute approximate surface area is 130 Å². The third-order valence-electron chi connectivity index (χ3n) is 3.10. The number of alkyl halides is 3. The Morgan fingerprint density at radius 1 is 1.05 bits per heavy atom. The molecule has 1 nitrogen and oxygen atoms in total. The summed E-state index contributed by atoms with van der Waals surface area (Å²) >= 11 is 11.8. The maximum Gasteiger partial charge on any atom is 0.416 e. The van der Waals surface area contributed by atoms with E-state index in [9.17, 15) is 13.2 Å². The number of nitrogens with two attached hydrogens (primary N) is 1. The molecule has 0 aliphatic rings. The molecule has 0 saturated heterocycles. The fraction of sp³-hybridized carbons (Fsp3) is 0.200. The summed E-state index contributed by atoms with van der Waals surface area (Å²) < 4.78 is 38.1. The van der Waals surface area contributed by atoms with Crippen LogP contribution in [0.5, 0.6) is 0 Å². The SMILES string of the molecule is NC(Cc1ccc(Cl)cc1Cl)c1cccc(C(F)(F)F)c1. The Bertz CT molecular complexity index is 641. The van der Waals surface area contributed by atoms with E-state index in [0.717, 1.165) is 17.7 Å². The van der Waals surface area contributed by atoms with Gasteiger partial charge in [0, 0.05) is 16.1 Å². The smallest absolute Gasteiger partial charge is 0.324 e. The first-order chi connectivity index (χ1) is 9.77. The van der Waals surface area contributed by atoms with E-state index < -0.39 is 17.8 Å². The van der Waals surface area contributed by atoms with Crippen LogP contribution in [0.4, 0.5) is 13.2 Å². The van der Waals surface area contributed by atoms with Gasteiger partial charge >= 0.3 is 6.18 Å². The summed E-state index contributed by atoms with van der Waals surface area (Å²) in [6.07, 6.45) is -4.05. The highest BCUT2D eigenvalue weighted by Crippen LogP contribution is 2.31. The molecule has 1 unspecified atom stereocenters. The monoisotopic (exact) mass is 333 g/mol. The lowest BCUT2D eigenvalue weighted by atomic mass is 9.98. The van der Waals surface area contributed by atoms with Crippen LogP contribution < -0.4 is 5.73 Å². The molecule has 6 heteroatoms. The van der Waals surface area contributed by atoms with Crippen LogP contribution in [0.2, 0.25) is 10.0 Å². The zero-order valence-corrected chi connectivity index (χ0v) is 12.3. The van der Waals surface area contributed by atoms with Gasteiger partial charge in [-0.05, 0) is 41.8 Å². The minimum Gasteiger partial charge on any atom is -0.324 e. The summed E-state index contributed by atoms with van der Waals surface area (Å²) in [6, 6.07) is 9.40. The van der Waals surface area contributed by atoms with Crippen molar-refractivity contribution in [3.05, 3.63) is 69.2 Å². The lowest BCUT2D eigenvalue weighted by Crippen LogP contribution is -2.15. The first kappa shape index (κ1) is 16.1. The molecule has 21 heavy (non-hydrogen) atoms. The van der Waals surface area contributed by atoms with Crippen LogP contribution in [-0.4, -0.2) is 0 Å². The molecular weight excluding hydrogens is 322 g/mol. The number of rotatable bonds is 3. The third kappa shape index (κ3) is 4.13. The molecule has 0 fully saturated rings. The van der Waals surface area contributed by atoms with Crippen LogP contribution in [-0.2, 0) is 12.6 Å². The Kier molecular flexibility index (Phi) is 4.81. The molecule has 0 radical (unpaired) electrons. The fourth-order valence-corrected chi connectivity index (χ4v) is 2.47. The second kappa shape index (κ2) is 6.26. The molecule has 0 aromatic heterocycles. The van der Waals surface area contributed by atoms with E-state index in [1.54, 1.807) is 24.3 Å². The topological polar surface area (TPSA) is 26.0 Å². The summed E-state index contributed by atoms with van der Waals surface area (Å²) in [7, 11) is 0. The van der Waals surface area contributed by atoms with Crippen molar-refractivity contribution in [1.29, 1.82) is 0 Å². The average Bonchev–Trinajstić information content (AvgIpc) is 2.41. The van der Waals surface area contributed by atoms with E-state index in [4.69, 9.17) is 28.9 Å². The highest BCUT2D eigenvalue weighted by molar-refractivity contribution is 6.35. The van der Waals surface area contributed by atoms with Crippen molar-refractivity contribution in [3.63, 3.8) is 0 Å². The van der Waals surface area contributed by atoms with Gasteiger partial charge in [0.2, 0.25) is 0 Å². The number of hydrogen-bond donors (Lipinski definition) is 1. The van der Waals surface area contributed by atoms with Gasteiger partial charge in [0.25, 0.3) is 0 Å². The Hall–Kier alpha value is -1.23. The molecule has 0 spiro atoms. The van der Waals surface area contributed by atoms with E-state index in [1.165, 1.54) is 6.07 Å². The number of hydrogen-bond acceptors (Lipinski definition) is 1. The van der Waals surface area contributed by atoms with Gasteiger partial charge in [-0.25, -0.2) is 0 Å². The molecule has 2 N–H and O–H groups in total. The minimum atomic E-state index is -4.38. The highest BCUT2D eigenvalue weighted by Gasteiger charge is 2.30. The van der Waals surface area contributed by atoms with Crippen molar-refractivity contribution < 1.29 is 13.2 Å². The van der Waals surface area contributed by atoms with Crippen LogP contribution in [0.1, 0.15) is 22.7 Å². The zero-order valence-electron chi connectivity index (χ0n) is 10.8. The van der Waals surface area contributed by atoms with Crippen molar-refractivity contribution in [3.8, 4) is 0 Å². The Morgan fingerprint density at radius 3 is 2.38 bits per heavy atom. The predicted molar refractivity (Wildman–Crippen MR) is 78.5 cm³/mol. The highest BCUT2D eigenvalue weighted by atomic mass is 35.5. The van der Waals surface area contributed by atoms with Crippen molar-refractivity contribution in [2.75, 3.05) is 0 Å². The van der Waals surface area contributed by atoms with Crippen molar-refractivity contribution >= 4 is 23.2 Å². The van der Waals surface area contributed by atoms with E-state index in [2.05, 4.69) is 0 Å². The van der Waals surface area contributed by atoms with Gasteiger partial charge in [0.05, 0.1) is 5.56 Å². The van der Waals surface area contributed by atoms with Crippen LogP contribution in [0.3, 0.4) is 0 Å². The second-order valence-corrected chi connectivity index (χ2v) is 5.51. The number of halogens is 5. The molecule has 0 heterocycles. The van der Waals surface area contributed by atoms with Crippen LogP contribution in [0.15, 0.2) is 42.5 Å². The van der Waals surface area contributed by atoms with Crippen molar-refractivity contribution in [1.82, 2.24) is 0 Å². The van der Waals surface area contributed by atoms with E-state index in [-0.39, 0.29) is 0 Å². The number of benzene rings is 2. The van der Waals surface area contributed by atoms with Gasteiger partial charge in [-0.1, -0.05) is 41.4 Å². The fourth-order valence-electron chi connectivity index (χ4n) is 1.99. The molecular formula is C15H12Cl2F3N. The van der Waals surface area contributed by atoms with Gasteiger partial charge in [-0.3, -0.25) is 0 Å². The van der Waals surface area contributed by atoms with E-state index in [1.807, 2.05) is 0 Å². The largest absolute Gasteiger partial charge is 0.416 e. The average molecular weight is 334 g/mol. The molecule has 2 aromatic carbocycles. The van der Waals surface area contributed by atoms with E-state index in [0.29, 0.717) is 22.0 Å². The van der Waals surface area contributed by atoms with Gasteiger partial charge < -0.3 is 5.73 Å². The van der Waals surface area contributed by atoms with Crippen molar-refractivity contribution in [2.24, 2.45) is 5.73 Å². The molecule has 0 saturated carbocycles. The molecule has 2 aromatic rings. The van der Waals surface area contributed by atoms with Gasteiger partial charge in [-0.15, -0.1) is 0 Å². The first-order valence-corrected chi connectivity index (χ1v) is 6.89. The van der Waals surface area contributed by atoms with Crippen LogP contribution in [0, 0.1) is 0 Å². The normalized spacial score (nSPS) is 13.2. The first-order valence-electron chi connectivity index (χ1n) is 6.14. The van der Waals surface area contributed by atoms with Crippen LogP contribution >= 0.6 is 23.2 Å². The summed E-state index contributed by atoms with van der Waals surface area (Å²) in [5.74, 6) is 0. The third-order valence-corrected chi connectivity index (χ3v) is 3.68. The molecule has 0 aliphatic carbocycles. The van der Waals surface area contributed by atoms with Crippen LogP contribution in [0.25, 0.3) is 0 Å².